The summed E-state index contributed by atoms with van der Waals surface area (Å²) in [5, 5.41) is 16.1. The van der Waals surface area contributed by atoms with E-state index in [1.54, 1.807) is 37.6 Å². The fraction of sp³-hybridized carbons (Fsp3) is 0.406. The van der Waals surface area contributed by atoms with Crippen molar-refractivity contribution in [1.29, 1.82) is 5.26 Å². The van der Waals surface area contributed by atoms with Crippen LogP contribution in [0.4, 0.5) is 23.0 Å². The maximum Gasteiger partial charge on any atom is 0.309 e. The number of hydrogen-bond donors (Lipinski definition) is 2. The molecule has 2 saturated heterocycles. The lowest BCUT2D eigenvalue weighted by atomic mass is 9.96. The lowest BCUT2D eigenvalue weighted by Crippen LogP contribution is -2.48. The fourth-order valence-electron chi connectivity index (χ4n) is 5.54. The highest BCUT2D eigenvalue weighted by Crippen LogP contribution is 2.28. The summed E-state index contributed by atoms with van der Waals surface area (Å²) in [6.07, 6.45) is 4.90. The molecule has 1 amide bonds. The number of nitrogens with zero attached hydrogens (tertiary/aromatic N) is 5. The number of piperidine rings is 2. The molecular formula is C32H37N7O4. The van der Waals surface area contributed by atoms with E-state index in [-0.39, 0.29) is 29.5 Å². The first kappa shape index (κ1) is 29.6. The second-order valence-corrected chi connectivity index (χ2v) is 10.7. The van der Waals surface area contributed by atoms with E-state index < -0.39 is 0 Å². The molecule has 0 bridgehead atoms. The number of carbonyl (C=O) groups excluding carboxylic acids is 2. The Kier molecular flexibility index (Phi) is 9.56. The number of nitriles is 1. The molecule has 224 valence electrons. The highest BCUT2D eigenvalue weighted by Gasteiger charge is 2.26. The highest BCUT2D eigenvalue weighted by atomic mass is 16.5. The summed E-state index contributed by atoms with van der Waals surface area (Å²) < 4.78 is 10.4. The van der Waals surface area contributed by atoms with E-state index in [2.05, 4.69) is 31.5 Å². The number of amides is 1. The molecule has 3 heterocycles. The van der Waals surface area contributed by atoms with Gasteiger partial charge < -0.3 is 29.9 Å². The van der Waals surface area contributed by atoms with Crippen LogP contribution < -0.4 is 25.2 Å². The van der Waals surface area contributed by atoms with Gasteiger partial charge in [-0.15, -0.1) is 0 Å². The summed E-state index contributed by atoms with van der Waals surface area (Å²) in [4.78, 5) is 38.4. The van der Waals surface area contributed by atoms with E-state index in [9.17, 15) is 14.9 Å². The molecular weight excluding hydrogens is 546 g/mol. The Morgan fingerprint density at radius 2 is 1.77 bits per heavy atom. The second-order valence-electron chi connectivity index (χ2n) is 10.7. The number of aromatic nitrogens is 2. The van der Waals surface area contributed by atoms with Crippen LogP contribution in [-0.2, 0) is 9.53 Å². The molecule has 1 atom stereocenters. The van der Waals surface area contributed by atoms with E-state index in [1.165, 1.54) is 0 Å². The van der Waals surface area contributed by atoms with Crippen LogP contribution in [-0.4, -0.2) is 67.8 Å². The van der Waals surface area contributed by atoms with E-state index in [0.717, 1.165) is 56.7 Å². The first-order chi connectivity index (χ1) is 21.0. The molecule has 0 saturated carbocycles. The summed E-state index contributed by atoms with van der Waals surface area (Å²) >= 11 is 0. The predicted octanol–water partition coefficient (Wildman–Crippen LogP) is 4.28. The SMILES string of the molecule is CCOC(=O)C1CCN(c2ccc(Nc3nc(N4CCCC(NC(=O)c5ccc(OC)cc5)C4)cnc3C#N)cc2)CC1. The minimum Gasteiger partial charge on any atom is -0.497 e. The van der Waals surface area contributed by atoms with Crippen molar-refractivity contribution in [2.75, 3.05) is 55.0 Å². The van der Waals surface area contributed by atoms with E-state index >= 15 is 0 Å². The van der Waals surface area contributed by atoms with Crippen molar-refractivity contribution in [3.8, 4) is 11.8 Å². The molecule has 11 nitrogen and oxygen atoms in total. The van der Waals surface area contributed by atoms with Crippen LogP contribution in [0.15, 0.2) is 54.7 Å². The summed E-state index contributed by atoms with van der Waals surface area (Å²) in [6.45, 7) is 5.19. The van der Waals surface area contributed by atoms with Crippen LogP contribution in [0.2, 0.25) is 0 Å². The number of anilines is 4. The topological polar surface area (TPSA) is 133 Å². The van der Waals surface area contributed by atoms with Gasteiger partial charge in [-0.05, 0) is 81.1 Å². The molecule has 1 aromatic heterocycles. The van der Waals surface area contributed by atoms with Crippen LogP contribution in [0.1, 0.15) is 48.7 Å². The van der Waals surface area contributed by atoms with Gasteiger partial charge in [-0.25, -0.2) is 9.97 Å². The third-order valence-corrected chi connectivity index (χ3v) is 7.91. The highest BCUT2D eigenvalue weighted by molar-refractivity contribution is 5.94. The molecule has 2 aliphatic rings. The Morgan fingerprint density at radius 3 is 2.44 bits per heavy atom. The third-order valence-electron chi connectivity index (χ3n) is 7.91. The quantitative estimate of drug-likeness (QED) is 0.352. The van der Waals surface area contributed by atoms with Crippen molar-refractivity contribution in [3.63, 3.8) is 0 Å². The Balaban J connectivity index is 1.21. The van der Waals surface area contributed by atoms with Gasteiger partial charge in [0.05, 0.1) is 25.8 Å². The lowest BCUT2D eigenvalue weighted by molar-refractivity contribution is -0.148. The molecule has 5 rings (SSSR count). The van der Waals surface area contributed by atoms with Gasteiger partial charge in [0.15, 0.2) is 11.5 Å². The number of hydrogen-bond acceptors (Lipinski definition) is 10. The largest absolute Gasteiger partial charge is 0.497 e. The maximum atomic E-state index is 12.8. The standard InChI is InChI=1S/C32H37N7O4/c1-3-43-32(41)23-14-17-38(18-15-23)26-10-8-24(9-11-26)35-30-28(19-33)34-20-29(37-30)39-16-4-5-25(21-39)36-31(40)22-6-12-27(42-2)13-7-22/h6-13,20,23,25H,3-5,14-18,21H2,1-2H3,(H,35,37)(H,36,40). The van der Waals surface area contributed by atoms with Gasteiger partial charge in [0, 0.05) is 49.2 Å². The average molecular weight is 584 g/mol. The molecule has 0 radical (unpaired) electrons. The Hall–Kier alpha value is -4.85. The van der Waals surface area contributed by atoms with Crippen molar-refractivity contribution < 1.29 is 19.1 Å². The molecule has 1 unspecified atom stereocenters. The number of esters is 1. The van der Waals surface area contributed by atoms with E-state index in [0.29, 0.717) is 36.1 Å². The average Bonchev–Trinajstić information content (AvgIpc) is 3.05. The van der Waals surface area contributed by atoms with Crippen LogP contribution in [0, 0.1) is 17.2 Å². The second kappa shape index (κ2) is 13.9. The normalized spacial score (nSPS) is 17.1. The Labute approximate surface area is 251 Å². The van der Waals surface area contributed by atoms with Crippen LogP contribution in [0.5, 0.6) is 5.75 Å². The Bertz CT molecular complexity index is 1450. The van der Waals surface area contributed by atoms with E-state index in [1.807, 2.05) is 31.2 Å². The molecule has 11 heteroatoms. The number of benzene rings is 2. The molecule has 0 spiro atoms. The zero-order chi connectivity index (χ0) is 30.2. The molecule has 2 fully saturated rings. The molecule has 2 aromatic carbocycles. The molecule has 43 heavy (non-hydrogen) atoms. The monoisotopic (exact) mass is 583 g/mol. The Morgan fingerprint density at radius 1 is 1.02 bits per heavy atom. The van der Waals surface area contributed by atoms with Crippen molar-refractivity contribution in [2.45, 2.75) is 38.6 Å². The van der Waals surface area contributed by atoms with Crippen LogP contribution in [0.3, 0.4) is 0 Å². The van der Waals surface area contributed by atoms with Gasteiger partial charge in [0.1, 0.15) is 17.6 Å². The smallest absolute Gasteiger partial charge is 0.309 e. The van der Waals surface area contributed by atoms with E-state index in [4.69, 9.17) is 14.5 Å². The van der Waals surface area contributed by atoms with Crippen molar-refractivity contribution in [1.82, 2.24) is 15.3 Å². The molecule has 2 aliphatic heterocycles. The third kappa shape index (κ3) is 7.33. The minimum absolute atomic E-state index is 0.0349. The summed E-state index contributed by atoms with van der Waals surface area (Å²) in [5.41, 5.74) is 2.64. The first-order valence-electron chi connectivity index (χ1n) is 14.7. The number of ether oxygens (including phenoxy) is 2. The zero-order valence-electron chi connectivity index (χ0n) is 24.6. The van der Waals surface area contributed by atoms with Crippen molar-refractivity contribution in [3.05, 3.63) is 66.0 Å². The molecule has 0 aliphatic carbocycles. The maximum absolute atomic E-state index is 12.8. The van der Waals surface area contributed by atoms with Gasteiger partial charge >= 0.3 is 5.97 Å². The number of rotatable bonds is 9. The van der Waals surface area contributed by atoms with Gasteiger partial charge in [0.25, 0.3) is 5.91 Å². The number of nitrogens with one attached hydrogen (secondary N) is 2. The molecule has 2 N–H and O–H groups in total. The summed E-state index contributed by atoms with van der Waals surface area (Å²) in [5.74, 6) is 1.46. The predicted molar refractivity (Wildman–Crippen MR) is 164 cm³/mol. The summed E-state index contributed by atoms with van der Waals surface area (Å²) in [6, 6.07) is 17.1. The van der Waals surface area contributed by atoms with Crippen LogP contribution >= 0.6 is 0 Å². The van der Waals surface area contributed by atoms with Crippen molar-refractivity contribution >= 4 is 34.9 Å². The van der Waals surface area contributed by atoms with Gasteiger partial charge in [-0.2, -0.15) is 5.26 Å². The van der Waals surface area contributed by atoms with Gasteiger partial charge in [0.2, 0.25) is 0 Å². The van der Waals surface area contributed by atoms with Gasteiger partial charge in [-0.1, -0.05) is 0 Å². The minimum atomic E-state index is -0.130. The lowest BCUT2D eigenvalue weighted by Gasteiger charge is -2.34. The fourth-order valence-corrected chi connectivity index (χ4v) is 5.54. The summed E-state index contributed by atoms with van der Waals surface area (Å²) in [7, 11) is 1.59. The molecule has 3 aromatic rings. The zero-order valence-corrected chi connectivity index (χ0v) is 24.6. The van der Waals surface area contributed by atoms with Crippen molar-refractivity contribution in [2.24, 2.45) is 5.92 Å². The number of methoxy groups -OCH3 is 1. The number of carbonyl (C=O) groups is 2. The first-order valence-corrected chi connectivity index (χ1v) is 14.7. The van der Waals surface area contributed by atoms with Crippen LogP contribution in [0.25, 0.3) is 0 Å². The van der Waals surface area contributed by atoms with Gasteiger partial charge in [-0.3, -0.25) is 9.59 Å².